The Labute approximate surface area is 255 Å². The normalized spacial score (nSPS) is 46.1. The van der Waals surface area contributed by atoms with Crippen LogP contribution in [0, 0.1) is 44.8 Å². The van der Waals surface area contributed by atoms with Crippen LogP contribution in [0.4, 0.5) is 0 Å². The molecule has 1 heterocycles. The van der Waals surface area contributed by atoms with E-state index in [2.05, 4.69) is 82.3 Å². The van der Waals surface area contributed by atoms with E-state index in [1.807, 2.05) is 6.07 Å². The number of rotatable bonds is 5. The summed E-state index contributed by atoms with van der Waals surface area (Å²) in [5, 5.41) is 21.4. The molecule has 7 rings (SSSR count). The van der Waals surface area contributed by atoms with Gasteiger partial charge in [0.2, 0.25) is 0 Å². The molecule has 6 aliphatic rings. The largest absolute Gasteiger partial charge is 0.456 e. The monoisotopic (exact) mass is 582 g/mol. The highest BCUT2D eigenvalue weighted by molar-refractivity contribution is 5.90. The highest BCUT2D eigenvalue weighted by Gasteiger charge is 2.86. The fourth-order valence-electron chi connectivity index (χ4n) is 11.3. The van der Waals surface area contributed by atoms with Crippen molar-refractivity contribution in [1.82, 2.24) is 0 Å². The number of esters is 1. The lowest BCUT2D eigenvalue weighted by Crippen LogP contribution is -2.62. The number of allylic oxidation sites excluding steroid dienone is 5. The molecular weight excluding hydrogens is 536 g/mol. The van der Waals surface area contributed by atoms with Crippen molar-refractivity contribution in [2.45, 2.75) is 84.8 Å². The number of Topliss-reactive ketones (excluding diaryl/α,β-unsaturated/α-hetero) is 1. The van der Waals surface area contributed by atoms with Crippen molar-refractivity contribution in [3.05, 3.63) is 77.4 Å². The Kier molecular flexibility index (Phi) is 6.16. The molecule has 5 aliphatic carbocycles. The zero-order chi connectivity index (χ0) is 30.6. The van der Waals surface area contributed by atoms with Crippen molar-refractivity contribution >= 4 is 17.8 Å². The maximum absolute atomic E-state index is 14.6. The molecule has 4 fully saturated rings. The topological polar surface area (TPSA) is 83.8 Å². The highest BCUT2D eigenvalue weighted by Crippen LogP contribution is 2.89. The number of cyclic esters (lactones) is 1. The van der Waals surface area contributed by atoms with Crippen molar-refractivity contribution in [1.29, 1.82) is 0 Å². The van der Waals surface area contributed by atoms with Gasteiger partial charge < -0.3 is 14.9 Å². The van der Waals surface area contributed by atoms with Crippen LogP contribution in [0.15, 0.2) is 71.9 Å². The minimum atomic E-state index is -1.58. The zero-order valence-electron chi connectivity index (χ0n) is 26.2. The average molecular weight is 583 g/mol. The van der Waals surface area contributed by atoms with Gasteiger partial charge in [0.25, 0.3) is 0 Å². The summed E-state index contributed by atoms with van der Waals surface area (Å²) in [5.41, 5.74) is 0.256. The average Bonchev–Trinajstić information content (AvgIpc) is 3.41. The molecule has 0 unspecified atom stereocenters. The Morgan fingerprint density at radius 1 is 1.07 bits per heavy atom. The molecule has 0 bridgehead atoms. The number of hydrogen-bond donors (Lipinski definition) is 2. The molecule has 1 aliphatic heterocycles. The van der Waals surface area contributed by atoms with Gasteiger partial charge in [-0.15, -0.1) is 0 Å². The van der Waals surface area contributed by atoms with Gasteiger partial charge in [-0.05, 0) is 83.5 Å². The van der Waals surface area contributed by atoms with E-state index in [-0.39, 0.29) is 52.4 Å². The van der Waals surface area contributed by atoms with E-state index in [0.29, 0.717) is 18.6 Å². The summed E-state index contributed by atoms with van der Waals surface area (Å²) in [6.07, 6.45) is 16.8. The predicted molar refractivity (Wildman–Crippen MR) is 166 cm³/mol. The molecule has 0 aromatic heterocycles. The first-order valence-corrected chi connectivity index (χ1v) is 16.2. The van der Waals surface area contributed by atoms with Crippen LogP contribution < -0.4 is 0 Å². The van der Waals surface area contributed by atoms with Gasteiger partial charge in [-0.3, -0.25) is 4.79 Å². The number of carbonyl (C=O) groups excluding carboxylic acids is 2. The first-order valence-electron chi connectivity index (χ1n) is 16.2. The Balaban J connectivity index is 1.23. The van der Waals surface area contributed by atoms with E-state index in [4.69, 9.17) is 4.74 Å². The number of benzene rings is 1. The molecule has 43 heavy (non-hydrogen) atoms. The second-order valence-corrected chi connectivity index (χ2v) is 15.7. The maximum atomic E-state index is 14.6. The van der Waals surface area contributed by atoms with Crippen LogP contribution in [0.3, 0.4) is 0 Å². The molecular formula is C38H46O5. The zero-order valence-corrected chi connectivity index (χ0v) is 26.2. The molecule has 3 saturated carbocycles. The molecule has 9 atom stereocenters. The molecule has 5 heteroatoms. The van der Waals surface area contributed by atoms with Gasteiger partial charge in [0, 0.05) is 29.6 Å². The number of hydrogen-bond acceptors (Lipinski definition) is 5. The van der Waals surface area contributed by atoms with Gasteiger partial charge in [0.1, 0.15) is 11.9 Å². The molecule has 1 aromatic carbocycles. The van der Waals surface area contributed by atoms with Crippen LogP contribution in [-0.2, 0) is 14.3 Å². The molecule has 228 valence electrons. The number of ether oxygens (including phenoxy) is 1. The summed E-state index contributed by atoms with van der Waals surface area (Å²) >= 11 is 0. The first kappa shape index (κ1) is 29.0. The van der Waals surface area contributed by atoms with Gasteiger partial charge in [0.15, 0.2) is 5.60 Å². The van der Waals surface area contributed by atoms with Crippen LogP contribution in [0.1, 0.15) is 78.7 Å². The van der Waals surface area contributed by atoms with Crippen LogP contribution in [0.2, 0.25) is 0 Å². The number of ketones is 1. The summed E-state index contributed by atoms with van der Waals surface area (Å²) in [7, 11) is 0. The number of aliphatic hydroxyl groups excluding tert-OH is 1. The van der Waals surface area contributed by atoms with E-state index < -0.39 is 23.1 Å². The quantitative estimate of drug-likeness (QED) is 0.301. The van der Waals surface area contributed by atoms with Crippen LogP contribution in [-0.4, -0.2) is 40.3 Å². The predicted octanol–water partition coefficient (Wildman–Crippen LogP) is 6.62. The Morgan fingerprint density at radius 3 is 2.53 bits per heavy atom. The van der Waals surface area contributed by atoms with Crippen LogP contribution in [0.5, 0.6) is 0 Å². The number of carbonyl (C=O) groups is 2. The van der Waals surface area contributed by atoms with Crippen LogP contribution in [0.25, 0.3) is 6.08 Å². The Hall–Kier alpha value is -2.76. The second-order valence-electron chi connectivity index (χ2n) is 15.7. The SMILES string of the molecule is C/C(=C\[C@H]1C[C@@](O)([C@@H]2CC[C@]34C[C@]23C=C[C@@H]2[C@@]3(C)CC=C(/C=C\c5ccccc5)C(C)(C)[C@@H]3CC(=O)[C@]24C)C(=O)O1)CO. The summed E-state index contributed by atoms with van der Waals surface area (Å²) in [5.74, 6) is -0.158. The standard InChI is InChI=1S/C38H46O5/c1-24(22-39)19-27-21-38(42,32(41)43-27)29-15-18-37-23-36(29,37)17-14-28-34(4)16-13-26(12-11-25-9-7-6-8-10-25)33(2,3)30(34)20-31(40)35(28,37)5/h6-14,17,19,27-30,39,42H,15-16,18,20-23H2,1-5H3/b12-11-,24-19+/t27-,28+,29+,30-,34+,35-,36+,37+,38+/m0/s1. The minimum Gasteiger partial charge on any atom is -0.456 e. The van der Waals surface area contributed by atoms with Gasteiger partial charge in [-0.2, -0.15) is 0 Å². The van der Waals surface area contributed by atoms with Crippen molar-refractivity contribution in [2.75, 3.05) is 6.61 Å². The summed E-state index contributed by atoms with van der Waals surface area (Å²) in [6.45, 7) is 11.0. The summed E-state index contributed by atoms with van der Waals surface area (Å²) in [4.78, 5) is 27.9. The third-order valence-corrected chi connectivity index (χ3v) is 13.6. The fraction of sp³-hybridized carbons (Fsp3) is 0.579. The third kappa shape index (κ3) is 3.58. The molecule has 1 saturated heterocycles. The molecule has 0 radical (unpaired) electrons. The smallest absolute Gasteiger partial charge is 0.339 e. The van der Waals surface area contributed by atoms with Crippen molar-refractivity contribution in [3.63, 3.8) is 0 Å². The van der Waals surface area contributed by atoms with Gasteiger partial charge in [-0.25, -0.2) is 4.79 Å². The lowest BCUT2D eigenvalue weighted by Gasteiger charge is -2.63. The highest BCUT2D eigenvalue weighted by atomic mass is 16.6. The molecule has 1 aromatic rings. The van der Waals surface area contributed by atoms with Gasteiger partial charge in [0.05, 0.1) is 6.61 Å². The molecule has 0 spiro atoms. The van der Waals surface area contributed by atoms with E-state index in [1.54, 1.807) is 13.0 Å². The lowest BCUT2D eigenvalue weighted by atomic mass is 9.39. The Bertz CT molecular complexity index is 1500. The van der Waals surface area contributed by atoms with E-state index in [0.717, 1.165) is 24.8 Å². The Morgan fingerprint density at radius 2 is 1.81 bits per heavy atom. The molecule has 5 nitrogen and oxygen atoms in total. The van der Waals surface area contributed by atoms with Crippen LogP contribution >= 0.6 is 0 Å². The first-order chi connectivity index (χ1) is 20.3. The van der Waals surface area contributed by atoms with E-state index in [1.165, 1.54) is 11.1 Å². The van der Waals surface area contributed by atoms with Gasteiger partial charge in [-0.1, -0.05) is 88.4 Å². The summed E-state index contributed by atoms with van der Waals surface area (Å²) < 4.78 is 5.64. The molecule has 2 N–H and O–H groups in total. The van der Waals surface area contributed by atoms with Crippen molar-refractivity contribution in [2.24, 2.45) is 44.8 Å². The second kappa shape index (κ2) is 9.14. The lowest BCUT2D eigenvalue weighted by molar-refractivity contribution is -0.164. The van der Waals surface area contributed by atoms with Crippen molar-refractivity contribution < 1.29 is 24.5 Å². The molecule has 0 amide bonds. The minimum absolute atomic E-state index is 0.0742. The van der Waals surface area contributed by atoms with Gasteiger partial charge >= 0.3 is 5.97 Å². The van der Waals surface area contributed by atoms with E-state index in [9.17, 15) is 19.8 Å². The fourth-order valence-corrected chi connectivity index (χ4v) is 11.3. The number of aliphatic hydroxyl groups is 2. The number of fused-ring (bicyclic) bond motifs is 3. The van der Waals surface area contributed by atoms with E-state index >= 15 is 0 Å². The maximum Gasteiger partial charge on any atom is 0.339 e. The van der Waals surface area contributed by atoms with Crippen molar-refractivity contribution in [3.8, 4) is 0 Å². The third-order valence-electron chi connectivity index (χ3n) is 13.6. The summed E-state index contributed by atoms with van der Waals surface area (Å²) in [6, 6.07) is 10.4.